The average Bonchev–Trinajstić information content (AvgIpc) is 2.75. The lowest BCUT2D eigenvalue weighted by atomic mass is 10.1. The van der Waals surface area contributed by atoms with Crippen LogP contribution in [0.25, 0.3) is 0 Å². The highest BCUT2D eigenvalue weighted by atomic mass is 79.9. The van der Waals surface area contributed by atoms with E-state index in [1.807, 2.05) is 44.2 Å². The molecule has 0 aliphatic rings. The SMILES string of the molecule is CCCNC(=O)[C@H](C)N(Cc1ccccc1)C(=O)CN(c1ccc(Br)c(C)c1)S(C)(=O)=O. The second-order valence-electron chi connectivity index (χ2n) is 7.68. The third kappa shape index (κ3) is 7.06. The van der Waals surface area contributed by atoms with Crippen molar-refractivity contribution >= 4 is 43.5 Å². The summed E-state index contributed by atoms with van der Waals surface area (Å²) in [5.41, 5.74) is 2.09. The van der Waals surface area contributed by atoms with Gasteiger partial charge in [-0.25, -0.2) is 8.42 Å². The van der Waals surface area contributed by atoms with Crippen molar-refractivity contribution in [2.45, 2.75) is 39.8 Å². The van der Waals surface area contributed by atoms with Gasteiger partial charge in [-0.15, -0.1) is 0 Å². The van der Waals surface area contributed by atoms with Crippen molar-refractivity contribution in [3.05, 3.63) is 64.1 Å². The summed E-state index contributed by atoms with van der Waals surface area (Å²) in [5, 5.41) is 2.81. The number of halogens is 1. The summed E-state index contributed by atoms with van der Waals surface area (Å²) in [6.07, 6.45) is 1.84. The van der Waals surface area contributed by atoms with Crippen LogP contribution in [0.15, 0.2) is 53.0 Å². The number of amides is 2. The lowest BCUT2D eigenvalue weighted by Gasteiger charge is -2.31. The van der Waals surface area contributed by atoms with E-state index in [-0.39, 0.29) is 12.5 Å². The number of aryl methyl sites for hydroxylation is 1. The first kappa shape index (κ1) is 25.9. The molecule has 0 unspecified atom stereocenters. The Labute approximate surface area is 199 Å². The molecule has 0 aromatic heterocycles. The van der Waals surface area contributed by atoms with Gasteiger partial charge in [0.1, 0.15) is 12.6 Å². The third-order valence-corrected chi connectivity index (χ3v) is 7.05. The maximum atomic E-state index is 13.4. The third-order valence-electron chi connectivity index (χ3n) is 5.02. The molecular weight excluding hydrogens is 494 g/mol. The molecule has 1 atom stereocenters. The van der Waals surface area contributed by atoms with Crippen LogP contribution in [0.5, 0.6) is 0 Å². The van der Waals surface area contributed by atoms with Gasteiger partial charge in [0.2, 0.25) is 21.8 Å². The van der Waals surface area contributed by atoms with E-state index in [9.17, 15) is 18.0 Å². The van der Waals surface area contributed by atoms with Gasteiger partial charge in [0, 0.05) is 17.6 Å². The van der Waals surface area contributed by atoms with Crippen LogP contribution in [-0.4, -0.2) is 50.5 Å². The van der Waals surface area contributed by atoms with E-state index in [4.69, 9.17) is 0 Å². The summed E-state index contributed by atoms with van der Waals surface area (Å²) in [5.74, 6) is -0.736. The Balaban J connectivity index is 2.36. The Bertz CT molecular complexity index is 1040. The van der Waals surface area contributed by atoms with Crippen LogP contribution in [-0.2, 0) is 26.2 Å². The maximum Gasteiger partial charge on any atom is 0.244 e. The quantitative estimate of drug-likeness (QED) is 0.516. The number of hydrogen-bond donors (Lipinski definition) is 1. The van der Waals surface area contributed by atoms with Crippen molar-refractivity contribution < 1.29 is 18.0 Å². The Morgan fingerprint density at radius 2 is 1.78 bits per heavy atom. The first-order valence-electron chi connectivity index (χ1n) is 10.4. The van der Waals surface area contributed by atoms with Crippen LogP contribution < -0.4 is 9.62 Å². The van der Waals surface area contributed by atoms with Gasteiger partial charge in [0.25, 0.3) is 0 Å². The van der Waals surface area contributed by atoms with E-state index in [1.54, 1.807) is 25.1 Å². The van der Waals surface area contributed by atoms with Crippen molar-refractivity contribution in [3.8, 4) is 0 Å². The molecule has 0 heterocycles. The number of carbonyl (C=O) groups excluding carboxylic acids is 2. The minimum Gasteiger partial charge on any atom is -0.354 e. The van der Waals surface area contributed by atoms with Gasteiger partial charge in [0.05, 0.1) is 11.9 Å². The molecule has 0 aliphatic carbocycles. The molecule has 0 fully saturated rings. The number of hydrogen-bond acceptors (Lipinski definition) is 4. The molecular formula is C23H30BrN3O4S. The fraction of sp³-hybridized carbons (Fsp3) is 0.391. The molecule has 2 rings (SSSR count). The van der Waals surface area contributed by atoms with E-state index in [0.29, 0.717) is 12.2 Å². The van der Waals surface area contributed by atoms with Crippen molar-refractivity contribution in [2.24, 2.45) is 0 Å². The minimum absolute atomic E-state index is 0.192. The Kier molecular flexibility index (Phi) is 9.27. The molecule has 0 bridgehead atoms. The number of carbonyl (C=O) groups is 2. The fourth-order valence-electron chi connectivity index (χ4n) is 3.16. The molecule has 0 spiro atoms. The standard InChI is InChI=1S/C23H30BrN3O4S/c1-5-13-25-23(29)18(3)26(15-19-9-7-6-8-10-19)22(28)16-27(32(4,30)31)20-11-12-21(24)17(2)14-20/h6-12,14,18H,5,13,15-16H2,1-4H3,(H,25,29)/t18-/m0/s1. The predicted octanol–water partition coefficient (Wildman–Crippen LogP) is 3.47. The van der Waals surface area contributed by atoms with Crippen LogP contribution in [0, 0.1) is 6.92 Å². The van der Waals surface area contributed by atoms with Gasteiger partial charge in [-0.3, -0.25) is 13.9 Å². The molecule has 0 aliphatic heterocycles. The lowest BCUT2D eigenvalue weighted by molar-refractivity contribution is -0.139. The molecule has 2 amide bonds. The molecule has 9 heteroatoms. The topological polar surface area (TPSA) is 86.8 Å². The molecule has 32 heavy (non-hydrogen) atoms. The maximum absolute atomic E-state index is 13.4. The second kappa shape index (κ2) is 11.5. The second-order valence-corrected chi connectivity index (χ2v) is 10.4. The normalized spacial score (nSPS) is 12.2. The van der Waals surface area contributed by atoms with Crippen molar-refractivity contribution in [1.82, 2.24) is 10.2 Å². The molecule has 0 radical (unpaired) electrons. The van der Waals surface area contributed by atoms with Crippen LogP contribution in [0.4, 0.5) is 5.69 Å². The highest BCUT2D eigenvalue weighted by Gasteiger charge is 2.30. The Morgan fingerprint density at radius 1 is 1.12 bits per heavy atom. The van der Waals surface area contributed by atoms with E-state index < -0.39 is 28.5 Å². The summed E-state index contributed by atoms with van der Waals surface area (Å²) in [6, 6.07) is 13.6. The van der Waals surface area contributed by atoms with E-state index in [2.05, 4.69) is 21.2 Å². The summed E-state index contributed by atoms with van der Waals surface area (Å²) in [7, 11) is -3.74. The number of anilines is 1. The summed E-state index contributed by atoms with van der Waals surface area (Å²) in [6.45, 7) is 5.74. The smallest absolute Gasteiger partial charge is 0.244 e. The zero-order chi connectivity index (χ0) is 23.9. The molecule has 2 aromatic rings. The number of sulfonamides is 1. The van der Waals surface area contributed by atoms with Gasteiger partial charge in [0.15, 0.2) is 0 Å². The minimum atomic E-state index is -3.74. The summed E-state index contributed by atoms with van der Waals surface area (Å²) in [4.78, 5) is 27.4. The van der Waals surface area contributed by atoms with Gasteiger partial charge >= 0.3 is 0 Å². The molecule has 174 valence electrons. The number of nitrogens with zero attached hydrogens (tertiary/aromatic N) is 2. The van der Waals surface area contributed by atoms with E-state index in [1.165, 1.54) is 4.90 Å². The van der Waals surface area contributed by atoms with Gasteiger partial charge in [-0.2, -0.15) is 0 Å². The first-order chi connectivity index (χ1) is 15.0. The van der Waals surface area contributed by atoms with Gasteiger partial charge < -0.3 is 10.2 Å². The largest absolute Gasteiger partial charge is 0.354 e. The fourth-order valence-corrected chi connectivity index (χ4v) is 4.24. The van der Waals surface area contributed by atoms with Crippen molar-refractivity contribution in [2.75, 3.05) is 23.7 Å². The number of nitrogens with one attached hydrogen (secondary N) is 1. The molecule has 7 nitrogen and oxygen atoms in total. The van der Waals surface area contributed by atoms with E-state index in [0.717, 1.165) is 32.6 Å². The summed E-state index contributed by atoms with van der Waals surface area (Å²) >= 11 is 3.41. The number of benzene rings is 2. The Morgan fingerprint density at radius 3 is 2.34 bits per heavy atom. The summed E-state index contributed by atoms with van der Waals surface area (Å²) < 4.78 is 27.0. The zero-order valence-corrected chi connectivity index (χ0v) is 21.2. The zero-order valence-electron chi connectivity index (χ0n) is 18.8. The van der Waals surface area contributed by atoms with Gasteiger partial charge in [-0.05, 0) is 49.6 Å². The first-order valence-corrected chi connectivity index (χ1v) is 13.0. The Hall–Kier alpha value is -2.39. The van der Waals surface area contributed by atoms with Crippen LogP contribution in [0.3, 0.4) is 0 Å². The predicted molar refractivity (Wildman–Crippen MR) is 131 cm³/mol. The van der Waals surface area contributed by atoms with Crippen molar-refractivity contribution in [1.29, 1.82) is 0 Å². The monoisotopic (exact) mass is 523 g/mol. The van der Waals surface area contributed by atoms with E-state index >= 15 is 0 Å². The molecule has 0 saturated heterocycles. The highest BCUT2D eigenvalue weighted by Crippen LogP contribution is 2.25. The number of rotatable bonds is 10. The molecule has 2 aromatic carbocycles. The highest BCUT2D eigenvalue weighted by molar-refractivity contribution is 9.10. The van der Waals surface area contributed by atoms with Crippen LogP contribution >= 0.6 is 15.9 Å². The average molecular weight is 524 g/mol. The van der Waals surface area contributed by atoms with Crippen LogP contribution in [0.2, 0.25) is 0 Å². The molecule has 0 saturated carbocycles. The lowest BCUT2D eigenvalue weighted by Crippen LogP contribution is -2.51. The van der Waals surface area contributed by atoms with Crippen molar-refractivity contribution in [3.63, 3.8) is 0 Å². The molecule has 1 N–H and O–H groups in total. The van der Waals surface area contributed by atoms with Crippen LogP contribution in [0.1, 0.15) is 31.4 Å². The van der Waals surface area contributed by atoms with Gasteiger partial charge in [-0.1, -0.05) is 53.2 Å².